The lowest BCUT2D eigenvalue weighted by Crippen LogP contribution is -2.30. The number of nitrogen functional groups attached to an aromatic ring is 1. The van der Waals surface area contributed by atoms with Crippen LogP contribution in [0.3, 0.4) is 0 Å². The van der Waals surface area contributed by atoms with E-state index in [4.69, 9.17) is 15.0 Å². The van der Waals surface area contributed by atoms with Crippen molar-refractivity contribution in [2.45, 2.75) is 45.8 Å². The van der Waals surface area contributed by atoms with E-state index in [9.17, 15) is 4.79 Å². The number of amides is 1. The van der Waals surface area contributed by atoms with Gasteiger partial charge in [0, 0.05) is 5.56 Å². The van der Waals surface area contributed by atoms with Gasteiger partial charge in [-0.15, -0.1) is 0 Å². The molecule has 1 aliphatic carbocycles. The van der Waals surface area contributed by atoms with E-state index in [1.807, 2.05) is 0 Å². The maximum absolute atomic E-state index is 11.5. The summed E-state index contributed by atoms with van der Waals surface area (Å²) in [6.45, 7) is 4.91. The summed E-state index contributed by atoms with van der Waals surface area (Å²) >= 11 is 0. The van der Waals surface area contributed by atoms with Crippen molar-refractivity contribution in [3.8, 4) is 0 Å². The van der Waals surface area contributed by atoms with E-state index < -0.39 is 5.91 Å². The fourth-order valence-corrected chi connectivity index (χ4v) is 2.93. The van der Waals surface area contributed by atoms with Gasteiger partial charge in [0.15, 0.2) is 5.76 Å². The van der Waals surface area contributed by atoms with Crippen molar-refractivity contribution in [3.63, 3.8) is 0 Å². The van der Waals surface area contributed by atoms with Gasteiger partial charge >= 0.3 is 5.91 Å². The summed E-state index contributed by atoms with van der Waals surface area (Å²) in [5, 5.41) is 0. The Balaban J connectivity index is 1.92. The van der Waals surface area contributed by atoms with Crippen LogP contribution in [0.4, 0.5) is 0 Å². The molecule has 0 saturated heterocycles. The van der Waals surface area contributed by atoms with Crippen molar-refractivity contribution >= 4 is 5.91 Å². The monoisotopic (exact) mass is 266 g/mol. The van der Waals surface area contributed by atoms with Crippen LogP contribution >= 0.6 is 0 Å². The quantitative estimate of drug-likeness (QED) is 0.497. The van der Waals surface area contributed by atoms with Crippen molar-refractivity contribution in [1.29, 1.82) is 0 Å². The number of hydrogen-bond acceptors (Lipinski definition) is 4. The Morgan fingerprint density at radius 3 is 2.74 bits per heavy atom. The molecule has 0 radical (unpaired) electrons. The van der Waals surface area contributed by atoms with E-state index in [-0.39, 0.29) is 11.9 Å². The molecule has 1 aromatic rings. The number of nitrogens with one attached hydrogen (secondary N) is 1. The minimum Gasteiger partial charge on any atom is -0.459 e. The molecule has 2 atom stereocenters. The number of rotatable bonds is 4. The average Bonchev–Trinajstić information content (AvgIpc) is 2.82. The van der Waals surface area contributed by atoms with E-state index in [0.717, 1.165) is 18.4 Å². The third-order valence-corrected chi connectivity index (χ3v) is 3.69. The lowest BCUT2D eigenvalue weighted by molar-refractivity contribution is -0.00962. The second kappa shape index (κ2) is 6.21. The largest absolute Gasteiger partial charge is 0.459 e. The van der Waals surface area contributed by atoms with Crippen molar-refractivity contribution in [2.24, 2.45) is 17.7 Å². The minimum absolute atomic E-state index is 0.236. The van der Waals surface area contributed by atoms with Gasteiger partial charge in [0.2, 0.25) is 0 Å². The first-order valence-electron chi connectivity index (χ1n) is 6.79. The normalized spacial score (nSPS) is 27.2. The van der Waals surface area contributed by atoms with Gasteiger partial charge in [-0.05, 0) is 37.2 Å². The third kappa shape index (κ3) is 3.58. The molecule has 3 N–H and O–H groups in total. The molecular weight excluding hydrogens is 244 g/mol. The van der Waals surface area contributed by atoms with E-state index in [1.165, 1.54) is 12.7 Å². The van der Waals surface area contributed by atoms with Gasteiger partial charge in [0.25, 0.3) is 0 Å². The number of furan rings is 1. The SMILES string of the molecule is CC1CC(C)CC(OCc2ccoc2C(=O)NN)C1. The van der Waals surface area contributed by atoms with Gasteiger partial charge in [-0.2, -0.15) is 0 Å². The summed E-state index contributed by atoms with van der Waals surface area (Å²) in [5.41, 5.74) is 2.82. The molecule has 1 aliphatic rings. The Morgan fingerprint density at radius 1 is 1.42 bits per heavy atom. The Hall–Kier alpha value is -1.33. The number of ether oxygens (including phenoxy) is 1. The van der Waals surface area contributed by atoms with Gasteiger partial charge in [-0.1, -0.05) is 13.8 Å². The smallest absolute Gasteiger partial charge is 0.301 e. The topological polar surface area (TPSA) is 77.5 Å². The molecule has 2 unspecified atom stereocenters. The summed E-state index contributed by atoms with van der Waals surface area (Å²) < 4.78 is 11.1. The average molecular weight is 266 g/mol. The maximum atomic E-state index is 11.5. The molecule has 5 heteroatoms. The van der Waals surface area contributed by atoms with E-state index in [0.29, 0.717) is 18.4 Å². The zero-order valence-corrected chi connectivity index (χ0v) is 11.5. The Kier molecular flexibility index (Phi) is 4.61. The molecule has 0 aliphatic heterocycles. The van der Waals surface area contributed by atoms with Gasteiger partial charge in [-0.25, -0.2) is 5.84 Å². The second-order valence-corrected chi connectivity index (χ2v) is 5.60. The second-order valence-electron chi connectivity index (χ2n) is 5.60. The fraction of sp³-hybridized carbons (Fsp3) is 0.643. The van der Waals surface area contributed by atoms with Crippen molar-refractivity contribution in [2.75, 3.05) is 0 Å². The van der Waals surface area contributed by atoms with Crippen LogP contribution in [0.15, 0.2) is 16.7 Å². The molecule has 0 aromatic carbocycles. The Labute approximate surface area is 113 Å². The first-order chi connectivity index (χ1) is 9.10. The first-order valence-corrected chi connectivity index (χ1v) is 6.79. The molecule has 0 spiro atoms. The number of carbonyl (C=O) groups excluding carboxylic acids is 1. The molecular formula is C14H22N2O3. The van der Waals surface area contributed by atoms with Crippen LogP contribution in [0.25, 0.3) is 0 Å². The standard InChI is InChI=1S/C14H22N2O3/c1-9-5-10(2)7-12(6-9)19-8-11-3-4-18-13(11)14(17)16-15/h3-4,9-10,12H,5-8,15H2,1-2H3,(H,16,17). The summed E-state index contributed by atoms with van der Waals surface area (Å²) in [6.07, 6.45) is 5.19. The molecule has 2 rings (SSSR count). The van der Waals surface area contributed by atoms with Crippen molar-refractivity contribution in [3.05, 3.63) is 23.7 Å². The van der Waals surface area contributed by atoms with E-state index in [2.05, 4.69) is 19.3 Å². The summed E-state index contributed by atoms with van der Waals surface area (Å²) in [7, 11) is 0. The molecule has 1 fully saturated rings. The maximum Gasteiger partial charge on any atom is 0.301 e. The summed E-state index contributed by atoms with van der Waals surface area (Å²) in [6, 6.07) is 1.75. The molecule has 0 bridgehead atoms. The van der Waals surface area contributed by atoms with Crippen LogP contribution in [-0.2, 0) is 11.3 Å². The van der Waals surface area contributed by atoms with Gasteiger partial charge in [-0.3, -0.25) is 10.2 Å². The summed E-state index contributed by atoms with van der Waals surface area (Å²) in [5.74, 6) is 6.32. The lowest BCUT2D eigenvalue weighted by Gasteiger charge is -2.31. The van der Waals surface area contributed by atoms with Crippen LogP contribution < -0.4 is 11.3 Å². The predicted molar refractivity (Wildman–Crippen MR) is 71.1 cm³/mol. The van der Waals surface area contributed by atoms with Crippen LogP contribution in [0.5, 0.6) is 0 Å². The zero-order valence-electron chi connectivity index (χ0n) is 11.5. The number of nitrogens with two attached hydrogens (primary N) is 1. The van der Waals surface area contributed by atoms with Crippen molar-refractivity contribution in [1.82, 2.24) is 5.43 Å². The number of hydrogen-bond donors (Lipinski definition) is 2. The van der Waals surface area contributed by atoms with Gasteiger partial charge < -0.3 is 9.15 Å². The van der Waals surface area contributed by atoms with Crippen molar-refractivity contribution < 1.29 is 13.9 Å². The third-order valence-electron chi connectivity index (χ3n) is 3.69. The highest BCUT2D eigenvalue weighted by molar-refractivity contribution is 5.92. The van der Waals surface area contributed by atoms with Crippen LogP contribution in [0, 0.1) is 11.8 Å². The molecule has 1 amide bonds. The highest BCUT2D eigenvalue weighted by Crippen LogP contribution is 2.31. The lowest BCUT2D eigenvalue weighted by atomic mass is 9.82. The van der Waals surface area contributed by atoms with Crippen LogP contribution in [-0.4, -0.2) is 12.0 Å². The van der Waals surface area contributed by atoms with E-state index >= 15 is 0 Å². The molecule has 5 nitrogen and oxygen atoms in total. The van der Waals surface area contributed by atoms with Crippen LogP contribution in [0.1, 0.15) is 49.2 Å². The molecule has 1 saturated carbocycles. The van der Waals surface area contributed by atoms with Crippen LogP contribution in [0.2, 0.25) is 0 Å². The molecule has 106 valence electrons. The zero-order chi connectivity index (χ0) is 13.8. The van der Waals surface area contributed by atoms with E-state index in [1.54, 1.807) is 6.07 Å². The molecule has 1 heterocycles. The fourth-order valence-electron chi connectivity index (χ4n) is 2.93. The number of hydrazine groups is 1. The Bertz CT molecular complexity index is 420. The van der Waals surface area contributed by atoms with Gasteiger partial charge in [0.1, 0.15) is 0 Å². The predicted octanol–water partition coefficient (Wildman–Crippen LogP) is 2.22. The van der Waals surface area contributed by atoms with Gasteiger partial charge in [0.05, 0.1) is 19.0 Å². The first kappa shape index (κ1) is 14.1. The summed E-state index contributed by atoms with van der Waals surface area (Å²) in [4.78, 5) is 11.5. The molecule has 19 heavy (non-hydrogen) atoms. The number of carbonyl (C=O) groups is 1. The Morgan fingerprint density at radius 2 is 2.11 bits per heavy atom. The minimum atomic E-state index is -0.422. The highest BCUT2D eigenvalue weighted by atomic mass is 16.5. The molecule has 1 aromatic heterocycles. The highest BCUT2D eigenvalue weighted by Gasteiger charge is 2.25.